The quantitative estimate of drug-likeness (QED) is 0.0683. The molecule has 0 spiro atoms. The van der Waals surface area contributed by atoms with Crippen molar-refractivity contribution in [3.05, 3.63) is 48.2 Å². The van der Waals surface area contributed by atoms with Gasteiger partial charge in [-0.1, -0.05) is 114 Å². The Balaban J connectivity index is 2.18. The van der Waals surface area contributed by atoms with Crippen molar-refractivity contribution in [1.29, 1.82) is 0 Å². The Morgan fingerprint density at radius 1 is 0.732 bits per heavy atom. The van der Waals surface area contributed by atoms with Crippen LogP contribution in [-0.2, 0) is 35.2 Å². The van der Waals surface area contributed by atoms with Gasteiger partial charge < -0.3 is 19.5 Å². The second kappa shape index (κ2) is 24.9. The second-order valence-corrected chi connectivity index (χ2v) is 10.8. The first kappa shape index (κ1) is 36.2. The van der Waals surface area contributed by atoms with E-state index < -0.39 is 6.04 Å². The summed E-state index contributed by atoms with van der Waals surface area (Å²) in [5.41, 5.74) is 1.75. The lowest BCUT2D eigenvalue weighted by Gasteiger charge is -2.20. The molecule has 0 fully saturated rings. The van der Waals surface area contributed by atoms with E-state index in [9.17, 15) is 14.4 Å². The maximum absolute atomic E-state index is 12.7. The van der Waals surface area contributed by atoms with E-state index in [0.717, 1.165) is 56.2 Å². The Kier molecular flexibility index (Phi) is 22.0. The van der Waals surface area contributed by atoms with E-state index in [0.29, 0.717) is 19.4 Å². The summed E-state index contributed by atoms with van der Waals surface area (Å²) in [7, 11) is 1.44. The zero-order chi connectivity index (χ0) is 30.0. The molecule has 41 heavy (non-hydrogen) atoms. The Bertz CT molecular complexity index is 841. The van der Waals surface area contributed by atoms with Gasteiger partial charge in [-0.05, 0) is 37.7 Å². The summed E-state index contributed by atoms with van der Waals surface area (Å²) >= 11 is 0. The summed E-state index contributed by atoms with van der Waals surface area (Å²) < 4.78 is 15.5. The molecule has 1 rings (SSSR count). The fourth-order valence-corrected chi connectivity index (χ4v) is 4.54. The molecule has 0 saturated carbocycles. The third-order valence-electron chi connectivity index (χ3n) is 7.12. The van der Waals surface area contributed by atoms with Crippen LogP contribution in [0.25, 0.3) is 0 Å². The number of hydrogen-bond acceptors (Lipinski definition) is 7. The predicted octanol–water partition coefficient (Wildman–Crippen LogP) is 7.96. The van der Waals surface area contributed by atoms with Gasteiger partial charge in [0.15, 0.2) is 0 Å². The molecular weight excluding hydrogens is 518 g/mol. The fourth-order valence-electron chi connectivity index (χ4n) is 4.54. The summed E-state index contributed by atoms with van der Waals surface area (Å²) in [5.74, 6) is -0.772. The predicted molar refractivity (Wildman–Crippen MR) is 164 cm³/mol. The van der Waals surface area contributed by atoms with Gasteiger partial charge in [-0.25, -0.2) is 4.79 Å². The number of carbonyl (C=O) groups excluding carboxylic acids is 3. The van der Waals surface area contributed by atoms with Crippen LogP contribution in [0, 0.1) is 0 Å². The van der Waals surface area contributed by atoms with Gasteiger partial charge in [0.25, 0.3) is 0 Å². The van der Waals surface area contributed by atoms with E-state index in [1.165, 1.54) is 58.5 Å². The van der Waals surface area contributed by atoms with E-state index >= 15 is 0 Å². The molecule has 0 bridgehead atoms. The molecule has 1 N–H and O–H groups in total. The minimum absolute atomic E-state index is 0.105. The van der Waals surface area contributed by atoms with E-state index in [4.69, 9.17) is 9.47 Å². The van der Waals surface area contributed by atoms with Gasteiger partial charge in [-0.2, -0.15) is 0 Å². The molecule has 0 aliphatic carbocycles. The number of allylic oxidation sites excluding steroid dienone is 1. The number of rotatable bonds is 26. The highest BCUT2D eigenvalue weighted by atomic mass is 16.5. The second-order valence-electron chi connectivity index (χ2n) is 10.8. The van der Waals surface area contributed by atoms with Gasteiger partial charge in [0.1, 0.15) is 12.6 Å². The Morgan fingerprint density at radius 2 is 1.29 bits per heavy atom. The number of benzene rings is 1. The Hall–Kier alpha value is -2.83. The SMILES string of the molecule is C=C(CCCCCCCCCCCCCCC(=O)OC)NC(CCC(=O)OCc1ccccc1)C(=O)OCCCC. The number of carbonyl (C=O) groups is 3. The highest BCUT2D eigenvalue weighted by Crippen LogP contribution is 2.15. The minimum Gasteiger partial charge on any atom is -0.469 e. The third kappa shape index (κ3) is 20.7. The first-order chi connectivity index (χ1) is 20.0. The van der Waals surface area contributed by atoms with Crippen molar-refractivity contribution in [1.82, 2.24) is 5.32 Å². The number of methoxy groups -OCH3 is 1. The van der Waals surface area contributed by atoms with Gasteiger partial charge in [-0.3, -0.25) is 9.59 Å². The number of hydrogen-bond donors (Lipinski definition) is 1. The summed E-state index contributed by atoms with van der Waals surface area (Å²) in [4.78, 5) is 36.1. The maximum Gasteiger partial charge on any atom is 0.328 e. The van der Waals surface area contributed by atoms with Gasteiger partial charge in [-0.15, -0.1) is 0 Å². The summed E-state index contributed by atoms with van der Waals surface area (Å²) in [6.07, 6.45) is 17.8. The zero-order valence-corrected chi connectivity index (χ0v) is 25.8. The molecule has 0 aliphatic rings. The highest BCUT2D eigenvalue weighted by Gasteiger charge is 2.22. The standard InChI is InChI=1S/C34H55NO6/c1-4-5-27-40-34(38)31(25-26-33(37)41-28-30-22-18-16-19-23-30)35-29(2)21-17-14-12-10-8-6-7-9-11-13-15-20-24-32(36)39-3/h16,18-19,22-23,31,35H,2,4-15,17,20-21,24-28H2,1,3H3. The molecule has 7 nitrogen and oxygen atoms in total. The maximum atomic E-state index is 12.7. The topological polar surface area (TPSA) is 90.9 Å². The average molecular weight is 574 g/mol. The van der Waals surface area contributed by atoms with Crippen molar-refractivity contribution < 1.29 is 28.6 Å². The third-order valence-corrected chi connectivity index (χ3v) is 7.12. The van der Waals surface area contributed by atoms with E-state index in [-0.39, 0.29) is 30.9 Å². The van der Waals surface area contributed by atoms with Crippen molar-refractivity contribution in [2.45, 2.75) is 135 Å². The fraction of sp³-hybridized carbons (Fsp3) is 0.676. The molecule has 1 unspecified atom stereocenters. The molecule has 0 aromatic heterocycles. The molecule has 1 aromatic carbocycles. The van der Waals surface area contributed by atoms with Crippen LogP contribution in [0.3, 0.4) is 0 Å². The van der Waals surface area contributed by atoms with Gasteiger partial charge in [0.2, 0.25) is 0 Å². The van der Waals surface area contributed by atoms with Crippen LogP contribution in [0.4, 0.5) is 0 Å². The van der Waals surface area contributed by atoms with Crippen LogP contribution < -0.4 is 5.32 Å². The molecule has 1 aromatic rings. The number of unbranched alkanes of at least 4 members (excludes halogenated alkanes) is 12. The lowest BCUT2D eigenvalue weighted by molar-refractivity contribution is -0.148. The number of esters is 3. The first-order valence-electron chi connectivity index (χ1n) is 15.8. The van der Waals surface area contributed by atoms with E-state index in [1.807, 2.05) is 37.3 Å². The molecular formula is C34H55NO6. The molecule has 0 heterocycles. The number of ether oxygens (including phenoxy) is 3. The zero-order valence-electron chi connectivity index (χ0n) is 25.8. The largest absolute Gasteiger partial charge is 0.469 e. The van der Waals surface area contributed by atoms with Gasteiger partial charge in [0, 0.05) is 18.5 Å². The molecule has 0 aliphatic heterocycles. The lowest BCUT2D eigenvalue weighted by Crippen LogP contribution is -2.38. The van der Waals surface area contributed by atoms with Gasteiger partial charge in [0.05, 0.1) is 13.7 Å². The molecule has 7 heteroatoms. The lowest BCUT2D eigenvalue weighted by atomic mass is 10.0. The number of nitrogens with one attached hydrogen (secondary N) is 1. The van der Waals surface area contributed by atoms with Gasteiger partial charge >= 0.3 is 17.9 Å². The normalized spacial score (nSPS) is 11.5. The average Bonchev–Trinajstić information content (AvgIpc) is 2.98. The van der Waals surface area contributed by atoms with Crippen molar-refractivity contribution in [2.75, 3.05) is 13.7 Å². The smallest absolute Gasteiger partial charge is 0.328 e. The Morgan fingerprint density at radius 3 is 1.85 bits per heavy atom. The van der Waals surface area contributed by atoms with Crippen molar-refractivity contribution in [3.8, 4) is 0 Å². The molecule has 232 valence electrons. The van der Waals surface area contributed by atoms with Crippen molar-refractivity contribution in [3.63, 3.8) is 0 Å². The van der Waals surface area contributed by atoms with Crippen LogP contribution >= 0.6 is 0 Å². The summed E-state index contributed by atoms with van der Waals surface area (Å²) in [6.45, 7) is 6.79. The first-order valence-corrected chi connectivity index (χ1v) is 15.8. The molecule has 0 radical (unpaired) electrons. The monoisotopic (exact) mass is 573 g/mol. The van der Waals surface area contributed by atoms with E-state index in [2.05, 4.69) is 16.6 Å². The Labute approximate surface area is 248 Å². The molecule has 1 atom stereocenters. The molecule has 0 amide bonds. The van der Waals surface area contributed by atoms with Crippen LogP contribution in [-0.4, -0.2) is 37.7 Å². The summed E-state index contributed by atoms with van der Waals surface area (Å²) in [6, 6.07) is 8.95. The van der Waals surface area contributed by atoms with Crippen molar-refractivity contribution >= 4 is 17.9 Å². The van der Waals surface area contributed by atoms with Crippen LogP contribution in [0.1, 0.15) is 128 Å². The highest BCUT2D eigenvalue weighted by molar-refractivity contribution is 5.77. The summed E-state index contributed by atoms with van der Waals surface area (Å²) in [5, 5.41) is 3.22. The minimum atomic E-state index is -0.600. The van der Waals surface area contributed by atoms with Crippen molar-refractivity contribution in [2.24, 2.45) is 0 Å². The van der Waals surface area contributed by atoms with Crippen LogP contribution in [0.5, 0.6) is 0 Å². The van der Waals surface area contributed by atoms with E-state index in [1.54, 1.807) is 0 Å². The van der Waals surface area contributed by atoms with Crippen LogP contribution in [0.2, 0.25) is 0 Å². The molecule has 0 saturated heterocycles. The van der Waals surface area contributed by atoms with Crippen LogP contribution in [0.15, 0.2) is 42.6 Å².